The summed E-state index contributed by atoms with van der Waals surface area (Å²) in [5.41, 5.74) is 1.47. The third-order valence-corrected chi connectivity index (χ3v) is 7.73. The predicted molar refractivity (Wildman–Crippen MR) is 129 cm³/mol. The molecule has 6 nitrogen and oxygen atoms in total. The Balaban J connectivity index is 1.12. The highest BCUT2D eigenvalue weighted by molar-refractivity contribution is 5.30. The third kappa shape index (κ3) is 6.39. The number of hydrogen-bond donors (Lipinski definition) is 0. The monoisotopic (exact) mass is 428 g/mol. The SMILES string of the molecule is Cc1cnc(N2CCC(CN3CCN(CC4CCN(C(C)(C)C)CC4)CC3)CC2)nc1. The lowest BCUT2D eigenvalue weighted by Crippen LogP contribution is -2.51. The number of piperazine rings is 1. The van der Waals surface area contributed by atoms with Gasteiger partial charge in [0, 0.05) is 70.3 Å². The molecule has 31 heavy (non-hydrogen) atoms. The highest BCUT2D eigenvalue weighted by Crippen LogP contribution is 2.25. The number of aromatic nitrogens is 2. The number of nitrogens with zero attached hydrogens (tertiary/aromatic N) is 6. The average molecular weight is 429 g/mol. The number of anilines is 1. The molecule has 0 aliphatic carbocycles. The maximum atomic E-state index is 4.51. The van der Waals surface area contributed by atoms with Crippen molar-refractivity contribution in [2.75, 3.05) is 70.3 Å². The van der Waals surface area contributed by atoms with Gasteiger partial charge in [0.15, 0.2) is 0 Å². The normalized spacial score (nSPS) is 24.1. The Hall–Kier alpha value is -1.24. The zero-order chi connectivity index (χ0) is 21.8. The fraction of sp³-hybridized carbons (Fsp3) is 0.840. The number of piperidine rings is 2. The van der Waals surface area contributed by atoms with Crippen LogP contribution in [-0.2, 0) is 0 Å². The number of hydrogen-bond acceptors (Lipinski definition) is 6. The Kier molecular flexibility index (Phi) is 7.50. The molecule has 3 fully saturated rings. The number of likely N-dealkylation sites (tertiary alicyclic amines) is 1. The molecule has 0 atom stereocenters. The van der Waals surface area contributed by atoms with Gasteiger partial charge in [0.25, 0.3) is 0 Å². The molecule has 0 saturated carbocycles. The summed E-state index contributed by atoms with van der Waals surface area (Å²) in [5.74, 6) is 2.64. The minimum absolute atomic E-state index is 0.333. The molecule has 1 aromatic heterocycles. The van der Waals surface area contributed by atoms with E-state index in [-0.39, 0.29) is 0 Å². The Morgan fingerprint density at radius 1 is 0.742 bits per heavy atom. The van der Waals surface area contributed by atoms with Gasteiger partial charge in [-0.3, -0.25) is 4.90 Å². The lowest BCUT2D eigenvalue weighted by atomic mass is 9.92. The fourth-order valence-corrected chi connectivity index (χ4v) is 5.54. The molecular weight excluding hydrogens is 384 g/mol. The first-order chi connectivity index (χ1) is 14.9. The van der Waals surface area contributed by atoms with E-state index in [9.17, 15) is 0 Å². The lowest BCUT2D eigenvalue weighted by molar-refractivity contribution is 0.0580. The first-order valence-electron chi connectivity index (χ1n) is 12.6. The van der Waals surface area contributed by atoms with Gasteiger partial charge in [-0.1, -0.05) is 0 Å². The van der Waals surface area contributed by atoms with Crippen LogP contribution in [0, 0.1) is 18.8 Å². The van der Waals surface area contributed by atoms with E-state index < -0.39 is 0 Å². The summed E-state index contributed by atoms with van der Waals surface area (Å²) in [7, 11) is 0. The van der Waals surface area contributed by atoms with Crippen molar-refractivity contribution >= 4 is 5.95 Å². The molecule has 4 heterocycles. The van der Waals surface area contributed by atoms with Crippen molar-refractivity contribution in [1.82, 2.24) is 24.7 Å². The van der Waals surface area contributed by atoms with E-state index in [4.69, 9.17) is 0 Å². The smallest absolute Gasteiger partial charge is 0.225 e. The molecule has 0 spiro atoms. The summed E-state index contributed by atoms with van der Waals surface area (Å²) in [5, 5.41) is 0. The fourth-order valence-electron chi connectivity index (χ4n) is 5.54. The average Bonchev–Trinajstić information content (AvgIpc) is 2.76. The molecule has 0 radical (unpaired) electrons. The Labute approximate surface area is 190 Å². The van der Waals surface area contributed by atoms with E-state index in [1.807, 2.05) is 19.3 Å². The van der Waals surface area contributed by atoms with Gasteiger partial charge >= 0.3 is 0 Å². The highest BCUT2D eigenvalue weighted by atomic mass is 15.3. The molecule has 0 aromatic carbocycles. The van der Waals surface area contributed by atoms with Crippen LogP contribution in [0.15, 0.2) is 12.4 Å². The standard InChI is InChI=1S/C25H44N6/c1-21-17-26-24(27-18-21)30-9-5-22(6-10-30)19-28-13-15-29(16-14-28)20-23-7-11-31(12-8-23)25(2,3)4/h17-18,22-23H,5-16,19-20H2,1-4H3. The molecule has 174 valence electrons. The predicted octanol–water partition coefficient (Wildman–Crippen LogP) is 3.13. The largest absolute Gasteiger partial charge is 0.341 e. The first kappa shape index (κ1) is 22.9. The zero-order valence-corrected chi connectivity index (χ0v) is 20.4. The van der Waals surface area contributed by atoms with Gasteiger partial charge in [0.1, 0.15) is 0 Å². The quantitative estimate of drug-likeness (QED) is 0.717. The Bertz CT molecular complexity index is 660. The molecule has 3 saturated heterocycles. The number of rotatable bonds is 5. The van der Waals surface area contributed by atoms with Crippen LogP contribution in [0.25, 0.3) is 0 Å². The summed E-state index contributed by atoms with van der Waals surface area (Å²) in [4.78, 5) is 19.5. The molecule has 4 rings (SSSR count). The molecule has 1 aromatic rings. The summed E-state index contributed by atoms with van der Waals surface area (Å²) in [6, 6.07) is 0. The van der Waals surface area contributed by atoms with Gasteiger partial charge in [-0.25, -0.2) is 9.97 Å². The van der Waals surface area contributed by atoms with Gasteiger partial charge in [0.2, 0.25) is 5.95 Å². The summed E-state index contributed by atoms with van der Waals surface area (Å²) < 4.78 is 0. The zero-order valence-electron chi connectivity index (χ0n) is 20.4. The second-order valence-electron chi connectivity index (χ2n) is 11.2. The molecule has 0 unspecified atom stereocenters. The van der Waals surface area contributed by atoms with Crippen LogP contribution in [0.4, 0.5) is 5.95 Å². The molecule has 0 bridgehead atoms. The van der Waals surface area contributed by atoms with Crippen LogP contribution in [-0.4, -0.2) is 95.7 Å². The van der Waals surface area contributed by atoms with Crippen LogP contribution in [0.5, 0.6) is 0 Å². The number of aryl methyl sites for hydroxylation is 1. The van der Waals surface area contributed by atoms with Crippen LogP contribution >= 0.6 is 0 Å². The van der Waals surface area contributed by atoms with Crippen LogP contribution in [0.1, 0.15) is 52.0 Å². The van der Waals surface area contributed by atoms with E-state index in [0.29, 0.717) is 5.54 Å². The van der Waals surface area contributed by atoms with Crippen molar-refractivity contribution in [1.29, 1.82) is 0 Å². The molecule has 3 aliphatic rings. The van der Waals surface area contributed by atoms with E-state index in [1.165, 1.54) is 78.0 Å². The lowest BCUT2D eigenvalue weighted by Gasteiger charge is -2.43. The molecule has 0 amide bonds. The van der Waals surface area contributed by atoms with Gasteiger partial charge in [-0.05, 0) is 83.9 Å². The summed E-state index contributed by atoms with van der Waals surface area (Å²) >= 11 is 0. The van der Waals surface area contributed by atoms with Gasteiger partial charge in [-0.15, -0.1) is 0 Å². The van der Waals surface area contributed by atoms with Gasteiger partial charge in [0.05, 0.1) is 0 Å². The van der Waals surface area contributed by atoms with E-state index in [2.05, 4.69) is 50.3 Å². The van der Waals surface area contributed by atoms with Crippen molar-refractivity contribution in [2.24, 2.45) is 11.8 Å². The van der Waals surface area contributed by atoms with Crippen molar-refractivity contribution in [2.45, 2.75) is 58.9 Å². The van der Waals surface area contributed by atoms with E-state index in [0.717, 1.165) is 36.4 Å². The van der Waals surface area contributed by atoms with Crippen LogP contribution < -0.4 is 4.90 Å². The summed E-state index contributed by atoms with van der Waals surface area (Å²) in [6.45, 7) is 21.5. The van der Waals surface area contributed by atoms with Gasteiger partial charge in [-0.2, -0.15) is 0 Å². The minimum Gasteiger partial charge on any atom is -0.341 e. The second-order valence-corrected chi connectivity index (χ2v) is 11.2. The van der Waals surface area contributed by atoms with Crippen LogP contribution in [0.2, 0.25) is 0 Å². The van der Waals surface area contributed by atoms with E-state index >= 15 is 0 Å². The van der Waals surface area contributed by atoms with Gasteiger partial charge < -0.3 is 14.7 Å². The molecular formula is C25H44N6. The first-order valence-corrected chi connectivity index (χ1v) is 12.6. The minimum atomic E-state index is 0.333. The Morgan fingerprint density at radius 3 is 1.65 bits per heavy atom. The van der Waals surface area contributed by atoms with Crippen molar-refractivity contribution < 1.29 is 0 Å². The van der Waals surface area contributed by atoms with Crippen LogP contribution in [0.3, 0.4) is 0 Å². The molecule has 6 heteroatoms. The Morgan fingerprint density at radius 2 is 1.19 bits per heavy atom. The molecule has 0 N–H and O–H groups in total. The topological polar surface area (TPSA) is 38.7 Å². The second kappa shape index (κ2) is 10.1. The highest BCUT2D eigenvalue weighted by Gasteiger charge is 2.29. The maximum absolute atomic E-state index is 4.51. The molecule has 3 aliphatic heterocycles. The maximum Gasteiger partial charge on any atom is 0.225 e. The van der Waals surface area contributed by atoms with Crippen molar-refractivity contribution in [3.63, 3.8) is 0 Å². The summed E-state index contributed by atoms with van der Waals surface area (Å²) in [6.07, 6.45) is 9.15. The van der Waals surface area contributed by atoms with E-state index in [1.54, 1.807) is 0 Å². The third-order valence-electron chi connectivity index (χ3n) is 7.73. The van der Waals surface area contributed by atoms with Crippen molar-refractivity contribution in [3.05, 3.63) is 18.0 Å². The van der Waals surface area contributed by atoms with Crippen molar-refractivity contribution in [3.8, 4) is 0 Å².